The van der Waals surface area contributed by atoms with Crippen molar-refractivity contribution in [3.8, 4) is 17.0 Å². The minimum Gasteiger partial charge on any atom is -0.493 e. The normalized spacial score (nSPS) is 14.3. The van der Waals surface area contributed by atoms with E-state index in [2.05, 4.69) is 43.3 Å². The van der Waals surface area contributed by atoms with Gasteiger partial charge in [0.25, 0.3) is 0 Å². The molecule has 236 valence electrons. The maximum Gasteiger partial charge on any atom is 0.352 e. The number of rotatable bonds is 1. The fraction of sp³-hybridized carbons (Fsp3) is 0.324. The fourth-order valence-electron chi connectivity index (χ4n) is 7.11. The molecule has 3 aromatic carbocycles. The number of aromatic nitrogens is 5. The molecule has 0 radical (unpaired) electrons. The second kappa shape index (κ2) is 12.0. The van der Waals surface area contributed by atoms with E-state index in [9.17, 15) is 9.90 Å². The average molecular weight is 636 g/mol. The molecular formula is C37H38ClN5O3. The molecule has 0 amide bonds. The summed E-state index contributed by atoms with van der Waals surface area (Å²) in [5.74, 6) is -0.106. The van der Waals surface area contributed by atoms with Crippen molar-refractivity contribution in [3.05, 3.63) is 99.1 Å². The van der Waals surface area contributed by atoms with Crippen molar-refractivity contribution >= 4 is 39.2 Å². The lowest BCUT2D eigenvalue weighted by Crippen LogP contribution is -2.12. The van der Waals surface area contributed by atoms with Crippen LogP contribution >= 0.6 is 11.6 Å². The number of aryl methyl sites for hydroxylation is 8. The lowest BCUT2D eigenvalue weighted by Gasteiger charge is -2.14. The van der Waals surface area contributed by atoms with Crippen LogP contribution in [0.1, 0.15) is 57.1 Å². The molecule has 0 unspecified atom stereocenters. The number of hydrogen-bond donors (Lipinski definition) is 1. The van der Waals surface area contributed by atoms with E-state index in [1.54, 1.807) is 0 Å². The molecule has 0 spiro atoms. The molecule has 7 rings (SSSR count). The van der Waals surface area contributed by atoms with Crippen LogP contribution < -0.4 is 4.74 Å². The number of carbonyl (C=O) groups is 1. The molecule has 46 heavy (non-hydrogen) atoms. The Hall–Kier alpha value is -4.56. The van der Waals surface area contributed by atoms with Crippen LogP contribution in [-0.2, 0) is 39.4 Å². The monoisotopic (exact) mass is 635 g/mol. The molecule has 4 heterocycles. The van der Waals surface area contributed by atoms with Crippen LogP contribution in [0.25, 0.3) is 32.9 Å². The zero-order chi connectivity index (χ0) is 32.1. The summed E-state index contributed by atoms with van der Waals surface area (Å²) >= 11 is 6.99. The average Bonchev–Trinajstić information content (AvgIpc) is 3.63. The topological polar surface area (TPSA) is 87.1 Å². The maximum atomic E-state index is 12.7. The smallest absolute Gasteiger partial charge is 0.352 e. The number of carboxylic acid groups (broad SMARTS) is 1. The van der Waals surface area contributed by atoms with Gasteiger partial charge in [-0.25, -0.2) is 4.79 Å². The van der Waals surface area contributed by atoms with Crippen LogP contribution in [0.5, 0.6) is 5.75 Å². The van der Waals surface area contributed by atoms with E-state index in [-0.39, 0.29) is 5.69 Å². The zero-order valence-electron chi connectivity index (χ0n) is 26.7. The van der Waals surface area contributed by atoms with Crippen molar-refractivity contribution in [2.45, 2.75) is 66.0 Å². The van der Waals surface area contributed by atoms with E-state index in [0.29, 0.717) is 36.7 Å². The van der Waals surface area contributed by atoms with Gasteiger partial charge >= 0.3 is 5.97 Å². The van der Waals surface area contributed by atoms with Gasteiger partial charge in [0, 0.05) is 47.7 Å². The second-order valence-electron chi connectivity index (χ2n) is 12.4. The van der Waals surface area contributed by atoms with E-state index in [1.165, 1.54) is 11.3 Å². The van der Waals surface area contributed by atoms with Crippen molar-refractivity contribution < 1.29 is 14.6 Å². The zero-order valence-corrected chi connectivity index (χ0v) is 27.5. The van der Waals surface area contributed by atoms with Gasteiger partial charge in [0.1, 0.15) is 11.4 Å². The Morgan fingerprint density at radius 1 is 0.935 bits per heavy atom. The van der Waals surface area contributed by atoms with Crippen molar-refractivity contribution in [2.75, 3.05) is 6.61 Å². The van der Waals surface area contributed by atoms with Gasteiger partial charge in [-0.1, -0.05) is 41.9 Å². The first-order valence-corrected chi connectivity index (χ1v) is 16.3. The van der Waals surface area contributed by atoms with Gasteiger partial charge in [0.15, 0.2) is 0 Å². The minimum atomic E-state index is -0.957. The lowest BCUT2D eigenvalue weighted by molar-refractivity contribution is 0.0684. The minimum absolute atomic E-state index is 0.277. The first kappa shape index (κ1) is 30.1. The molecule has 3 aromatic heterocycles. The number of nitrogens with zero attached hydrogens (tertiary/aromatic N) is 5. The number of carboxylic acids is 1. The summed E-state index contributed by atoms with van der Waals surface area (Å²) in [6.45, 7) is 7.59. The van der Waals surface area contributed by atoms with Crippen LogP contribution in [0.3, 0.4) is 0 Å². The molecule has 1 aliphatic heterocycles. The van der Waals surface area contributed by atoms with Gasteiger partial charge in [-0.15, -0.1) is 0 Å². The molecule has 0 saturated carbocycles. The Bertz CT molecular complexity index is 2140. The van der Waals surface area contributed by atoms with Gasteiger partial charge in [0.05, 0.1) is 28.7 Å². The predicted molar refractivity (Wildman–Crippen MR) is 182 cm³/mol. The Kier molecular flexibility index (Phi) is 7.85. The molecule has 0 fully saturated rings. The van der Waals surface area contributed by atoms with Crippen molar-refractivity contribution in [3.63, 3.8) is 0 Å². The van der Waals surface area contributed by atoms with E-state index >= 15 is 0 Å². The first-order valence-electron chi connectivity index (χ1n) is 16.0. The summed E-state index contributed by atoms with van der Waals surface area (Å²) in [6, 6.07) is 18.7. The van der Waals surface area contributed by atoms with E-state index in [0.717, 1.165) is 81.3 Å². The molecule has 1 aliphatic rings. The Balaban J connectivity index is 1.36. The third kappa shape index (κ3) is 5.24. The number of halogens is 1. The van der Waals surface area contributed by atoms with Crippen molar-refractivity contribution in [1.29, 1.82) is 0 Å². The second-order valence-corrected chi connectivity index (χ2v) is 12.8. The predicted octanol–water partition coefficient (Wildman–Crippen LogP) is 7.87. The number of hydrogen-bond acceptors (Lipinski definition) is 4. The van der Waals surface area contributed by atoms with Crippen LogP contribution in [0.2, 0.25) is 5.02 Å². The third-order valence-corrected chi connectivity index (χ3v) is 9.77. The van der Waals surface area contributed by atoms with Gasteiger partial charge in [-0.3, -0.25) is 9.36 Å². The van der Waals surface area contributed by atoms with E-state index < -0.39 is 5.97 Å². The van der Waals surface area contributed by atoms with Gasteiger partial charge < -0.3 is 14.4 Å². The molecule has 1 N–H and O–H groups in total. The maximum absolute atomic E-state index is 12.7. The first-order chi connectivity index (χ1) is 22.2. The van der Waals surface area contributed by atoms with E-state index in [4.69, 9.17) is 26.5 Å². The summed E-state index contributed by atoms with van der Waals surface area (Å²) in [5.41, 5.74) is 9.05. The third-order valence-electron chi connectivity index (χ3n) is 9.46. The SMILES string of the molecule is Cc1nn2c(c1C)-c1c(Cl)ccc3c1c(C)c(C(=O)O)n3CCCOc1cc(cc3ccccc13)CCc1cc(nn1C)CCC2. The Morgan fingerprint density at radius 2 is 1.76 bits per heavy atom. The fourth-order valence-corrected chi connectivity index (χ4v) is 7.36. The highest BCUT2D eigenvalue weighted by atomic mass is 35.5. The standard InChI is InChI=1S/C37H38ClN5O3/c1-22-24(3)39-43-17-7-10-27-21-28(41(4)40-27)13-12-25-19-26-9-5-6-11-29(26)32(20-25)46-18-8-16-42-31-15-14-30(38)34(35(22)43)33(31)23(2)36(42)37(44)45/h5-6,9,11,14-15,19-21H,7-8,10,12-13,16-18H2,1-4H3,(H,44,45). The summed E-state index contributed by atoms with van der Waals surface area (Å²) in [6.07, 6.45) is 4.04. The highest BCUT2D eigenvalue weighted by molar-refractivity contribution is 6.35. The molecule has 8 nitrogen and oxygen atoms in total. The summed E-state index contributed by atoms with van der Waals surface area (Å²) < 4.78 is 12.4. The van der Waals surface area contributed by atoms with Crippen molar-refractivity contribution in [1.82, 2.24) is 24.1 Å². The number of fused-ring (bicyclic) bond motifs is 8. The molecule has 8 bridgehead atoms. The number of ether oxygens (including phenoxy) is 1. The summed E-state index contributed by atoms with van der Waals surface area (Å²) in [7, 11) is 2.02. The highest BCUT2D eigenvalue weighted by Gasteiger charge is 2.26. The molecule has 0 aliphatic carbocycles. The van der Waals surface area contributed by atoms with Crippen LogP contribution in [0.15, 0.2) is 54.6 Å². The van der Waals surface area contributed by atoms with Crippen LogP contribution in [-0.4, -0.2) is 41.8 Å². The van der Waals surface area contributed by atoms with Crippen LogP contribution in [0, 0.1) is 20.8 Å². The van der Waals surface area contributed by atoms with Gasteiger partial charge in [0.2, 0.25) is 0 Å². The molecule has 0 saturated heterocycles. The number of aromatic carboxylic acids is 1. The Morgan fingerprint density at radius 3 is 2.59 bits per heavy atom. The molecule has 6 aromatic rings. The van der Waals surface area contributed by atoms with E-state index in [1.807, 2.05) is 53.0 Å². The summed E-state index contributed by atoms with van der Waals surface area (Å²) in [5, 5.41) is 23.8. The van der Waals surface area contributed by atoms with Gasteiger partial charge in [-0.2, -0.15) is 10.2 Å². The quantitative estimate of drug-likeness (QED) is 0.199. The van der Waals surface area contributed by atoms with Gasteiger partial charge in [-0.05, 0) is 99.2 Å². The Labute approximate surface area is 273 Å². The highest BCUT2D eigenvalue weighted by Crippen LogP contribution is 2.42. The molecular weight excluding hydrogens is 598 g/mol. The molecule has 0 atom stereocenters. The number of benzene rings is 3. The lowest BCUT2D eigenvalue weighted by atomic mass is 9.99. The molecule has 9 heteroatoms. The van der Waals surface area contributed by atoms with Crippen LogP contribution in [0.4, 0.5) is 0 Å². The van der Waals surface area contributed by atoms with Crippen molar-refractivity contribution in [2.24, 2.45) is 7.05 Å². The largest absolute Gasteiger partial charge is 0.493 e. The summed E-state index contributed by atoms with van der Waals surface area (Å²) in [4.78, 5) is 12.7.